The summed E-state index contributed by atoms with van der Waals surface area (Å²) in [4.78, 5) is 25.7. The zero-order chi connectivity index (χ0) is 20.2. The van der Waals surface area contributed by atoms with Gasteiger partial charge in [-0.15, -0.1) is 0 Å². The zero-order valence-electron chi connectivity index (χ0n) is 17.1. The van der Waals surface area contributed by atoms with E-state index in [0.717, 1.165) is 55.7 Å². The van der Waals surface area contributed by atoms with E-state index >= 15 is 0 Å². The first kappa shape index (κ1) is 19.7. The Bertz CT molecular complexity index is 861. The molecule has 2 aromatic rings. The molecule has 29 heavy (non-hydrogen) atoms. The van der Waals surface area contributed by atoms with Crippen LogP contribution in [0, 0.1) is 5.92 Å². The molecule has 2 saturated heterocycles. The molecule has 0 saturated carbocycles. The van der Waals surface area contributed by atoms with Crippen molar-refractivity contribution in [1.82, 2.24) is 14.9 Å². The minimum absolute atomic E-state index is 0.260. The third-order valence-corrected chi connectivity index (χ3v) is 5.86. The van der Waals surface area contributed by atoms with Gasteiger partial charge >= 0.3 is 0 Å². The Kier molecular flexibility index (Phi) is 5.99. The van der Waals surface area contributed by atoms with Crippen LogP contribution >= 0.6 is 0 Å². The molecule has 1 aromatic heterocycles. The Labute approximate surface area is 170 Å². The van der Waals surface area contributed by atoms with Crippen molar-refractivity contribution in [3.63, 3.8) is 0 Å². The molecule has 0 aliphatic carbocycles. The molecule has 0 radical (unpaired) electrons. The summed E-state index contributed by atoms with van der Waals surface area (Å²) in [5, 5.41) is 0.952. The lowest BCUT2D eigenvalue weighted by atomic mass is 9.92. The number of hydrogen-bond donors (Lipinski definition) is 0. The Morgan fingerprint density at radius 1 is 1.07 bits per heavy atom. The second kappa shape index (κ2) is 8.82. The van der Waals surface area contributed by atoms with Crippen molar-refractivity contribution in [3.05, 3.63) is 18.5 Å². The van der Waals surface area contributed by atoms with E-state index in [-0.39, 0.29) is 5.91 Å². The van der Waals surface area contributed by atoms with Gasteiger partial charge in [-0.3, -0.25) is 4.79 Å². The number of carbonyl (C=O) groups is 1. The van der Waals surface area contributed by atoms with Crippen LogP contribution < -0.4 is 14.4 Å². The Morgan fingerprint density at radius 3 is 2.45 bits per heavy atom. The topological polar surface area (TPSA) is 77.0 Å². The SMILES string of the molecule is COc1cc2ncnc(N3CCC(CC(=O)N4CCOCC4)CC3)c2cc1OC. The molecule has 0 N–H and O–H groups in total. The van der Waals surface area contributed by atoms with Gasteiger partial charge in [0.05, 0.1) is 33.0 Å². The van der Waals surface area contributed by atoms with Gasteiger partial charge in [-0.2, -0.15) is 0 Å². The summed E-state index contributed by atoms with van der Waals surface area (Å²) < 4.78 is 16.2. The van der Waals surface area contributed by atoms with Crippen LogP contribution in [-0.4, -0.2) is 74.4 Å². The summed E-state index contributed by atoms with van der Waals surface area (Å²) in [5.41, 5.74) is 0.831. The summed E-state index contributed by atoms with van der Waals surface area (Å²) in [6.07, 6.45) is 4.19. The van der Waals surface area contributed by atoms with Crippen LogP contribution in [0.4, 0.5) is 5.82 Å². The van der Waals surface area contributed by atoms with Crippen molar-refractivity contribution in [2.75, 3.05) is 58.5 Å². The number of anilines is 1. The van der Waals surface area contributed by atoms with Crippen LogP contribution in [0.3, 0.4) is 0 Å². The molecule has 3 heterocycles. The highest BCUT2D eigenvalue weighted by molar-refractivity contribution is 5.92. The minimum Gasteiger partial charge on any atom is -0.493 e. The van der Waals surface area contributed by atoms with Crippen LogP contribution in [0.1, 0.15) is 19.3 Å². The number of ether oxygens (including phenoxy) is 3. The van der Waals surface area contributed by atoms with Crippen LogP contribution in [0.5, 0.6) is 11.5 Å². The van der Waals surface area contributed by atoms with Crippen LogP contribution in [0.2, 0.25) is 0 Å². The van der Waals surface area contributed by atoms with Crippen molar-refractivity contribution in [1.29, 1.82) is 0 Å². The zero-order valence-corrected chi connectivity index (χ0v) is 17.1. The van der Waals surface area contributed by atoms with Gasteiger partial charge < -0.3 is 24.0 Å². The predicted octanol–water partition coefficient (Wildman–Crippen LogP) is 2.11. The first-order valence-electron chi connectivity index (χ1n) is 10.2. The average molecular weight is 400 g/mol. The molecule has 0 spiro atoms. The molecule has 0 atom stereocenters. The van der Waals surface area contributed by atoms with Gasteiger partial charge in [0.15, 0.2) is 11.5 Å². The number of piperidine rings is 1. The molecular weight excluding hydrogens is 372 g/mol. The molecule has 2 fully saturated rings. The largest absolute Gasteiger partial charge is 0.493 e. The number of fused-ring (bicyclic) bond motifs is 1. The standard InChI is InChI=1S/C21H28N4O4/c1-27-18-12-16-17(13-19(18)28-2)22-14-23-21(16)25-5-3-15(4-6-25)11-20(26)24-7-9-29-10-8-24/h12-15H,3-11H2,1-2H3. The summed E-state index contributed by atoms with van der Waals surface area (Å²) in [5.74, 6) is 2.92. The number of rotatable bonds is 5. The van der Waals surface area contributed by atoms with Crippen molar-refractivity contribution >= 4 is 22.6 Å². The van der Waals surface area contributed by atoms with E-state index in [4.69, 9.17) is 14.2 Å². The number of methoxy groups -OCH3 is 2. The van der Waals surface area contributed by atoms with E-state index in [9.17, 15) is 4.79 Å². The normalized spacial score (nSPS) is 18.1. The van der Waals surface area contributed by atoms with E-state index in [1.165, 1.54) is 0 Å². The van der Waals surface area contributed by atoms with Gasteiger partial charge in [0, 0.05) is 44.1 Å². The second-order valence-electron chi connectivity index (χ2n) is 7.55. The molecule has 1 aromatic carbocycles. The molecular formula is C21H28N4O4. The fourth-order valence-corrected chi connectivity index (χ4v) is 4.16. The fourth-order valence-electron chi connectivity index (χ4n) is 4.16. The summed E-state index contributed by atoms with van der Waals surface area (Å²) in [7, 11) is 3.25. The number of morpholine rings is 1. The molecule has 0 unspecified atom stereocenters. The monoisotopic (exact) mass is 400 g/mol. The third kappa shape index (κ3) is 4.22. The highest BCUT2D eigenvalue weighted by Crippen LogP contribution is 2.36. The maximum Gasteiger partial charge on any atom is 0.223 e. The van der Waals surface area contributed by atoms with E-state index in [1.54, 1.807) is 20.5 Å². The fraction of sp³-hybridized carbons (Fsp3) is 0.571. The van der Waals surface area contributed by atoms with Crippen molar-refractivity contribution < 1.29 is 19.0 Å². The first-order valence-corrected chi connectivity index (χ1v) is 10.2. The highest BCUT2D eigenvalue weighted by Gasteiger charge is 2.26. The van der Waals surface area contributed by atoms with Gasteiger partial charge in [0.1, 0.15) is 12.1 Å². The third-order valence-electron chi connectivity index (χ3n) is 5.86. The average Bonchev–Trinajstić information content (AvgIpc) is 2.78. The molecule has 8 heteroatoms. The lowest BCUT2D eigenvalue weighted by Gasteiger charge is -2.34. The lowest BCUT2D eigenvalue weighted by Crippen LogP contribution is -2.42. The van der Waals surface area contributed by atoms with Crippen LogP contribution in [0.15, 0.2) is 18.5 Å². The number of hydrogen-bond acceptors (Lipinski definition) is 7. The van der Waals surface area contributed by atoms with Crippen LogP contribution in [0.25, 0.3) is 10.9 Å². The van der Waals surface area contributed by atoms with E-state index in [2.05, 4.69) is 14.9 Å². The van der Waals surface area contributed by atoms with Crippen LogP contribution in [-0.2, 0) is 9.53 Å². The molecule has 1 amide bonds. The lowest BCUT2D eigenvalue weighted by molar-refractivity contribution is -0.136. The van der Waals surface area contributed by atoms with Crippen molar-refractivity contribution in [2.24, 2.45) is 5.92 Å². The van der Waals surface area contributed by atoms with Gasteiger partial charge in [-0.1, -0.05) is 0 Å². The maximum atomic E-state index is 12.5. The maximum absolute atomic E-state index is 12.5. The molecule has 8 nitrogen and oxygen atoms in total. The number of benzene rings is 1. The molecule has 0 bridgehead atoms. The minimum atomic E-state index is 0.260. The van der Waals surface area contributed by atoms with Gasteiger partial charge in [0.2, 0.25) is 5.91 Å². The number of aromatic nitrogens is 2. The highest BCUT2D eigenvalue weighted by atomic mass is 16.5. The van der Waals surface area contributed by atoms with E-state index in [0.29, 0.717) is 37.1 Å². The Morgan fingerprint density at radius 2 is 1.76 bits per heavy atom. The van der Waals surface area contributed by atoms with E-state index in [1.807, 2.05) is 17.0 Å². The summed E-state index contributed by atoms with van der Waals surface area (Å²) >= 11 is 0. The Hall–Kier alpha value is -2.61. The Balaban J connectivity index is 1.44. The molecule has 2 aliphatic rings. The first-order chi connectivity index (χ1) is 14.2. The summed E-state index contributed by atoms with van der Waals surface area (Å²) in [6.45, 7) is 4.49. The van der Waals surface area contributed by atoms with Crippen molar-refractivity contribution in [3.8, 4) is 11.5 Å². The quantitative estimate of drug-likeness (QED) is 0.761. The molecule has 4 rings (SSSR count). The molecule has 156 valence electrons. The second-order valence-corrected chi connectivity index (χ2v) is 7.55. The van der Waals surface area contributed by atoms with Crippen molar-refractivity contribution in [2.45, 2.75) is 19.3 Å². The smallest absolute Gasteiger partial charge is 0.223 e. The van der Waals surface area contributed by atoms with Gasteiger partial charge in [-0.25, -0.2) is 9.97 Å². The molecule has 2 aliphatic heterocycles. The predicted molar refractivity (Wildman–Crippen MR) is 110 cm³/mol. The van der Waals surface area contributed by atoms with Gasteiger partial charge in [-0.05, 0) is 24.8 Å². The van der Waals surface area contributed by atoms with Gasteiger partial charge in [0.25, 0.3) is 0 Å². The number of amides is 1. The number of nitrogens with zero attached hydrogens (tertiary/aromatic N) is 4. The van der Waals surface area contributed by atoms with E-state index < -0.39 is 0 Å². The summed E-state index contributed by atoms with van der Waals surface area (Å²) in [6, 6.07) is 3.82. The number of carbonyl (C=O) groups excluding carboxylic acids is 1.